The van der Waals surface area contributed by atoms with Crippen LogP contribution in [0.15, 0.2) is 12.3 Å². The lowest BCUT2D eigenvalue weighted by Gasteiger charge is -2.26. The first-order valence-corrected chi connectivity index (χ1v) is 7.05. The summed E-state index contributed by atoms with van der Waals surface area (Å²) in [6.07, 6.45) is 4.36. The minimum atomic E-state index is 0.649. The van der Waals surface area contributed by atoms with Crippen molar-refractivity contribution in [2.45, 2.75) is 39.3 Å². The van der Waals surface area contributed by atoms with Crippen molar-refractivity contribution >= 4 is 17.4 Å². The maximum Gasteiger partial charge on any atom is 0.129 e. The van der Waals surface area contributed by atoms with Gasteiger partial charge in [0.05, 0.1) is 5.02 Å². The fourth-order valence-corrected chi connectivity index (χ4v) is 2.33. The molecule has 0 bridgehead atoms. The third kappa shape index (κ3) is 3.36. The van der Waals surface area contributed by atoms with Crippen LogP contribution in [0.5, 0.6) is 0 Å². The molecule has 0 atom stereocenters. The van der Waals surface area contributed by atoms with Crippen LogP contribution in [-0.4, -0.2) is 24.6 Å². The standard InChI is InChI=1S/C14H22ClN3/c1-10(2)9-18(12-4-5-12)14-6-11(7-16-3)13(15)8-17-14/h6,8,10,12,16H,4-5,7,9H2,1-3H3. The zero-order chi connectivity index (χ0) is 13.1. The highest BCUT2D eigenvalue weighted by Gasteiger charge is 2.30. The van der Waals surface area contributed by atoms with E-state index in [9.17, 15) is 0 Å². The first-order valence-electron chi connectivity index (χ1n) is 6.67. The first kappa shape index (κ1) is 13.6. The van der Waals surface area contributed by atoms with E-state index in [0.29, 0.717) is 12.0 Å². The number of nitrogens with zero attached hydrogens (tertiary/aromatic N) is 2. The summed E-state index contributed by atoms with van der Waals surface area (Å²) >= 11 is 6.16. The van der Waals surface area contributed by atoms with Gasteiger partial charge in [-0.3, -0.25) is 0 Å². The largest absolute Gasteiger partial charge is 0.353 e. The molecule has 0 saturated heterocycles. The summed E-state index contributed by atoms with van der Waals surface area (Å²) in [7, 11) is 1.93. The molecule has 1 saturated carbocycles. The molecule has 18 heavy (non-hydrogen) atoms. The van der Waals surface area contributed by atoms with E-state index in [1.165, 1.54) is 12.8 Å². The Bertz CT molecular complexity index is 402. The Morgan fingerprint density at radius 1 is 1.50 bits per heavy atom. The predicted octanol–water partition coefficient (Wildman–Crippen LogP) is 3.08. The second-order valence-corrected chi connectivity index (χ2v) is 5.85. The fourth-order valence-electron chi connectivity index (χ4n) is 2.16. The number of hydrogen-bond donors (Lipinski definition) is 1. The number of halogens is 1. The lowest BCUT2D eigenvalue weighted by molar-refractivity contribution is 0.602. The van der Waals surface area contributed by atoms with Crippen LogP contribution in [0.25, 0.3) is 0 Å². The average Bonchev–Trinajstić information content (AvgIpc) is 3.13. The van der Waals surface area contributed by atoms with E-state index >= 15 is 0 Å². The SMILES string of the molecule is CNCc1cc(N(CC(C)C)C2CC2)ncc1Cl. The number of aromatic nitrogens is 1. The van der Waals surface area contributed by atoms with Gasteiger partial charge in [-0.15, -0.1) is 0 Å². The number of hydrogen-bond acceptors (Lipinski definition) is 3. The maximum atomic E-state index is 6.16. The van der Waals surface area contributed by atoms with Gasteiger partial charge >= 0.3 is 0 Å². The van der Waals surface area contributed by atoms with E-state index in [1.54, 1.807) is 6.20 Å². The summed E-state index contributed by atoms with van der Waals surface area (Å²) < 4.78 is 0. The third-order valence-corrected chi connectivity index (χ3v) is 3.47. The van der Waals surface area contributed by atoms with Crippen LogP contribution in [0, 0.1) is 5.92 Å². The molecule has 1 aromatic rings. The molecule has 0 spiro atoms. The van der Waals surface area contributed by atoms with Crippen molar-refractivity contribution in [3.63, 3.8) is 0 Å². The normalized spacial score (nSPS) is 15.2. The molecular weight excluding hydrogens is 246 g/mol. The molecule has 0 aromatic carbocycles. The van der Waals surface area contributed by atoms with Crippen LogP contribution in [0.2, 0.25) is 5.02 Å². The average molecular weight is 268 g/mol. The van der Waals surface area contributed by atoms with Gasteiger partial charge in [0.1, 0.15) is 5.82 Å². The van der Waals surface area contributed by atoms with E-state index in [2.05, 4.69) is 35.1 Å². The summed E-state index contributed by atoms with van der Waals surface area (Å²) in [5, 5.41) is 3.89. The number of rotatable bonds is 6. The predicted molar refractivity (Wildman–Crippen MR) is 77.2 cm³/mol. The highest BCUT2D eigenvalue weighted by atomic mass is 35.5. The highest BCUT2D eigenvalue weighted by Crippen LogP contribution is 2.32. The van der Waals surface area contributed by atoms with Gasteiger partial charge in [0.2, 0.25) is 0 Å². The molecule has 1 aliphatic carbocycles. The molecule has 0 aliphatic heterocycles. The molecular formula is C14H22ClN3. The summed E-state index contributed by atoms with van der Waals surface area (Å²) in [6, 6.07) is 2.81. The van der Waals surface area contributed by atoms with E-state index in [1.807, 2.05) is 7.05 Å². The van der Waals surface area contributed by atoms with Gasteiger partial charge in [0.25, 0.3) is 0 Å². The molecule has 1 N–H and O–H groups in total. The van der Waals surface area contributed by atoms with Crippen molar-refractivity contribution in [3.05, 3.63) is 22.8 Å². The molecule has 1 fully saturated rings. The topological polar surface area (TPSA) is 28.2 Å². The molecule has 0 amide bonds. The van der Waals surface area contributed by atoms with E-state index in [4.69, 9.17) is 11.6 Å². The lowest BCUT2D eigenvalue weighted by atomic mass is 10.2. The molecule has 3 nitrogen and oxygen atoms in total. The van der Waals surface area contributed by atoms with Gasteiger partial charge in [-0.1, -0.05) is 25.4 Å². The van der Waals surface area contributed by atoms with Gasteiger partial charge in [-0.2, -0.15) is 0 Å². The van der Waals surface area contributed by atoms with Gasteiger partial charge in [0, 0.05) is 25.3 Å². The summed E-state index contributed by atoms with van der Waals surface area (Å²) in [5.74, 6) is 1.72. The van der Waals surface area contributed by atoms with E-state index < -0.39 is 0 Å². The monoisotopic (exact) mass is 267 g/mol. The van der Waals surface area contributed by atoms with Crippen LogP contribution < -0.4 is 10.2 Å². The first-order chi connectivity index (χ1) is 8.61. The van der Waals surface area contributed by atoms with Crippen molar-refractivity contribution < 1.29 is 0 Å². The molecule has 1 heterocycles. The van der Waals surface area contributed by atoms with Crippen molar-refractivity contribution in [2.75, 3.05) is 18.5 Å². The molecule has 0 radical (unpaired) electrons. The lowest BCUT2D eigenvalue weighted by Crippen LogP contribution is -2.30. The molecule has 0 unspecified atom stereocenters. The summed E-state index contributed by atoms with van der Waals surface area (Å²) in [6.45, 7) is 6.35. The number of nitrogens with one attached hydrogen (secondary N) is 1. The zero-order valence-electron chi connectivity index (χ0n) is 11.4. The van der Waals surface area contributed by atoms with Crippen molar-refractivity contribution in [1.29, 1.82) is 0 Å². The Balaban J connectivity index is 2.21. The molecule has 2 rings (SSSR count). The fraction of sp³-hybridized carbons (Fsp3) is 0.643. The van der Waals surface area contributed by atoms with Gasteiger partial charge in [-0.25, -0.2) is 4.98 Å². The number of anilines is 1. The van der Waals surface area contributed by atoms with Crippen LogP contribution in [-0.2, 0) is 6.54 Å². The van der Waals surface area contributed by atoms with Crippen molar-refractivity contribution in [3.8, 4) is 0 Å². The zero-order valence-corrected chi connectivity index (χ0v) is 12.2. The minimum absolute atomic E-state index is 0.649. The highest BCUT2D eigenvalue weighted by molar-refractivity contribution is 6.31. The smallest absolute Gasteiger partial charge is 0.129 e. The van der Waals surface area contributed by atoms with Crippen LogP contribution in [0.3, 0.4) is 0 Å². The molecule has 1 aromatic heterocycles. The van der Waals surface area contributed by atoms with Crippen LogP contribution >= 0.6 is 11.6 Å². The van der Waals surface area contributed by atoms with E-state index in [-0.39, 0.29) is 0 Å². The Morgan fingerprint density at radius 2 is 2.22 bits per heavy atom. The van der Waals surface area contributed by atoms with Crippen molar-refractivity contribution in [2.24, 2.45) is 5.92 Å². The Hall–Kier alpha value is -0.800. The van der Waals surface area contributed by atoms with Gasteiger partial charge in [-0.05, 0) is 37.4 Å². The molecule has 1 aliphatic rings. The Morgan fingerprint density at radius 3 is 2.78 bits per heavy atom. The quantitative estimate of drug-likeness (QED) is 0.859. The van der Waals surface area contributed by atoms with E-state index in [0.717, 1.165) is 29.5 Å². The summed E-state index contributed by atoms with van der Waals surface area (Å²) in [4.78, 5) is 6.93. The molecule has 4 heteroatoms. The van der Waals surface area contributed by atoms with Crippen LogP contribution in [0.4, 0.5) is 5.82 Å². The maximum absolute atomic E-state index is 6.16. The molecule has 100 valence electrons. The third-order valence-electron chi connectivity index (χ3n) is 3.13. The summed E-state index contributed by atoms with van der Waals surface area (Å²) in [5.41, 5.74) is 1.12. The number of pyridine rings is 1. The minimum Gasteiger partial charge on any atom is -0.353 e. The Labute approximate surface area is 115 Å². The van der Waals surface area contributed by atoms with Crippen LogP contribution in [0.1, 0.15) is 32.3 Å². The van der Waals surface area contributed by atoms with Crippen molar-refractivity contribution in [1.82, 2.24) is 10.3 Å². The second kappa shape index (κ2) is 5.89. The Kier molecular flexibility index (Phi) is 4.46. The van der Waals surface area contributed by atoms with Gasteiger partial charge < -0.3 is 10.2 Å². The van der Waals surface area contributed by atoms with Gasteiger partial charge in [0.15, 0.2) is 0 Å². The second-order valence-electron chi connectivity index (χ2n) is 5.44.